The van der Waals surface area contributed by atoms with Crippen LogP contribution in [0.1, 0.15) is 33.3 Å². The SMILES string of the molecule is CC1(C)OB(c2ccc3c(c2)ncn3CCc2ccccc2)OC1(C)C. The highest BCUT2D eigenvalue weighted by Gasteiger charge is 2.51. The lowest BCUT2D eigenvalue weighted by Gasteiger charge is -2.32. The van der Waals surface area contributed by atoms with Crippen LogP contribution < -0.4 is 5.46 Å². The zero-order valence-electron chi connectivity index (χ0n) is 15.9. The molecule has 0 saturated carbocycles. The van der Waals surface area contributed by atoms with Crippen LogP contribution in [0.2, 0.25) is 0 Å². The normalized spacial score (nSPS) is 18.5. The standard InChI is InChI=1S/C21H25BN2O2/c1-20(2)21(3,4)26-22(25-20)17-10-11-19-18(14-17)23-15-24(19)13-12-16-8-6-5-7-9-16/h5-11,14-15H,12-13H2,1-4H3. The van der Waals surface area contributed by atoms with Crippen LogP contribution in [0, 0.1) is 0 Å². The summed E-state index contributed by atoms with van der Waals surface area (Å²) in [5.41, 5.74) is 3.81. The largest absolute Gasteiger partial charge is 0.494 e. The summed E-state index contributed by atoms with van der Waals surface area (Å²) in [4.78, 5) is 4.59. The van der Waals surface area contributed by atoms with E-state index in [1.165, 1.54) is 5.56 Å². The van der Waals surface area contributed by atoms with Crippen LogP contribution in [-0.2, 0) is 22.3 Å². The van der Waals surface area contributed by atoms with Gasteiger partial charge in [-0.25, -0.2) is 4.98 Å². The molecule has 0 aliphatic carbocycles. The predicted octanol–water partition coefficient (Wildman–Crippen LogP) is 3.58. The molecule has 4 nitrogen and oxygen atoms in total. The fourth-order valence-electron chi connectivity index (χ4n) is 3.28. The van der Waals surface area contributed by atoms with E-state index in [9.17, 15) is 0 Å². The molecule has 1 fully saturated rings. The first-order valence-corrected chi connectivity index (χ1v) is 9.20. The minimum Gasteiger partial charge on any atom is -0.399 e. The zero-order valence-corrected chi connectivity index (χ0v) is 15.9. The number of aromatic nitrogens is 2. The van der Waals surface area contributed by atoms with Crippen molar-refractivity contribution >= 4 is 23.6 Å². The maximum atomic E-state index is 6.15. The Balaban J connectivity index is 1.54. The molecule has 5 heteroatoms. The van der Waals surface area contributed by atoms with Gasteiger partial charge in [0.15, 0.2) is 0 Å². The lowest BCUT2D eigenvalue weighted by Crippen LogP contribution is -2.41. The monoisotopic (exact) mass is 348 g/mol. The molecule has 134 valence electrons. The smallest absolute Gasteiger partial charge is 0.399 e. The number of fused-ring (bicyclic) bond motifs is 1. The molecule has 0 unspecified atom stereocenters. The number of imidazole rings is 1. The number of aryl methyl sites for hydroxylation is 2. The number of benzene rings is 2. The number of hydrogen-bond donors (Lipinski definition) is 0. The van der Waals surface area contributed by atoms with Crippen molar-refractivity contribution in [2.24, 2.45) is 0 Å². The summed E-state index contributed by atoms with van der Waals surface area (Å²) in [5, 5.41) is 0. The van der Waals surface area contributed by atoms with Gasteiger partial charge in [0.25, 0.3) is 0 Å². The van der Waals surface area contributed by atoms with Gasteiger partial charge in [0.05, 0.1) is 28.6 Å². The topological polar surface area (TPSA) is 36.3 Å². The molecule has 0 amide bonds. The van der Waals surface area contributed by atoms with Gasteiger partial charge in [0, 0.05) is 6.54 Å². The summed E-state index contributed by atoms with van der Waals surface area (Å²) in [7, 11) is -0.348. The third kappa shape index (κ3) is 3.06. The molecule has 0 atom stereocenters. The summed E-state index contributed by atoms with van der Waals surface area (Å²) >= 11 is 0. The van der Waals surface area contributed by atoms with E-state index in [4.69, 9.17) is 9.31 Å². The Kier molecular flexibility index (Phi) is 4.16. The number of nitrogens with zero attached hydrogens (tertiary/aromatic N) is 2. The van der Waals surface area contributed by atoms with Crippen molar-refractivity contribution in [2.45, 2.75) is 51.9 Å². The molecular weight excluding hydrogens is 323 g/mol. The molecule has 0 N–H and O–H groups in total. The Morgan fingerprint density at radius 3 is 2.35 bits per heavy atom. The highest BCUT2D eigenvalue weighted by Crippen LogP contribution is 2.36. The predicted molar refractivity (Wildman–Crippen MR) is 106 cm³/mol. The van der Waals surface area contributed by atoms with Gasteiger partial charge in [-0.05, 0) is 57.3 Å². The molecule has 4 rings (SSSR count). The van der Waals surface area contributed by atoms with Crippen LogP contribution in [0.15, 0.2) is 54.9 Å². The van der Waals surface area contributed by atoms with Crippen LogP contribution in [0.25, 0.3) is 11.0 Å². The van der Waals surface area contributed by atoms with Gasteiger partial charge in [-0.3, -0.25) is 0 Å². The minimum absolute atomic E-state index is 0.332. The molecule has 2 aromatic carbocycles. The maximum absolute atomic E-state index is 6.15. The van der Waals surface area contributed by atoms with Crippen molar-refractivity contribution in [3.8, 4) is 0 Å². The Hall–Kier alpha value is -2.11. The molecule has 0 spiro atoms. The van der Waals surface area contributed by atoms with E-state index >= 15 is 0 Å². The highest BCUT2D eigenvalue weighted by atomic mass is 16.7. The van der Waals surface area contributed by atoms with Gasteiger partial charge in [-0.15, -0.1) is 0 Å². The summed E-state index contributed by atoms with van der Waals surface area (Å²) in [6.45, 7) is 9.21. The van der Waals surface area contributed by atoms with Gasteiger partial charge >= 0.3 is 7.12 Å². The van der Waals surface area contributed by atoms with Gasteiger partial charge < -0.3 is 13.9 Å². The van der Waals surface area contributed by atoms with Gasteiger partial charge in [-0.2, -0.15) is 0 Å². The van der Waals surface area contributed by atoms with E-state index in [1.807, 2.05) is 12.4 Å². The van der Waals surface area contributed by atoms with Crippen molar-refractivity contribution in [3.63, 3.8) is 0 Å². The number of hydrogen-bond acceptors (Lipinski definition) is 3. The second kappa shape index (κ2) is 6.25. The lowest BCUT2D eigenvalue weighted by atomic mass is 9.79. The third-order valence-electron chi connectivity index (χ3n) is 5.65. The summed E-state index contributed by atoms with van der Waals surface area (Å²) in [5.74, 6) is 0. The van der Waals surface area contributed by atoms with Crippen molar-refractivity contribution in [1.82, 2.24) is 9.55 Å². The molecule has 1 aromatic heterocycles. The summed E-state index contributed by atoms with van der Waals surface area (Å²) in [6, 6.07) is 16.8. The second-order valence-electron chi connectivity index (χ2n) is 8.01. The van der Waals surface area contributed by atoms with E-state index in [0.29, 0.717) is 0 Å². The molecule has 1 aliphatic rings. The summed E-state index contributed by atoms with van der Waals surface area (Å²) < 4.78 is 14.5. The molecule has 1 aliphatic heterocycles. The van der Waals surface area contributed by atoms with Crippen molar-refractivity contribution in [2.75, 3.05) is 0 Å². The van der Waals surface area contributed by atoms with E-state index in [2.05, 4.69) is 79.7 Å². The Labute approximate surface area is 155 Å². The second-order valence-corrected chi connectivity index (χ2v) is 8.01. The molecule has 26 heavy (non-hydrogen) atoms. The molecule has 0 radical (unpaired) electrons. The molecule has 3 aromatic rings. The van der Waals surface area contributed by atoms with Gasteiger partial charge in [0.2, 0.25) is 0 Å². The Bertz CT molecular complexity index is 902. The average molecular weight is 348 g/mol. The first-order chi connectivity index (χ1) is 12.4. The molecule has 2 heterocycles. The fourth-order valence-corrected chi connectivity index (χ4v) is 3.28. The fraction of sp³-hybridized carbons (Fsp3) is 0.381. The highest BCUT2D eigenvalue weighted by molar-refractivity contribution is 6.62. The first-order valence-electron chi connectivity index (χ1n) is 9.20. The van der Waals surface area contributed by atoms with Crippen LogP contribution in [0.5, 0.6) is 0 Å². The Morgan fingerprint density at radius 1 is 0.962 bits per heavy atom. The summed E-state index contributed by atoms with van der Waals surface area (Å²) in [6.07, 6.45) is 2.91. The van der Waals surface area contributed by atoms with E-state index < -0.39 is 0 Å². The van der Waals surface area contributed by atoms with Gasteiger partial charge in [-0.1, -0.05) is 36.4 Å². The van der Waals surface area contributed by atoms with Gasteiger partial charge in [0.1, 0.15) is 0 Å². The van der Waals surface area contributed by atoms with E-state index in [0.717, 1.165) is 29.5 Å². The lowest BCUT2D eigenvalue weighted by molar-refractivity contribution is 0.00578. The van der Waals surface area contributed by atoms with Crippen LogP contribution >= 0.6 is 0 Å². The number of rotatable bonds is 4. The third-order valence-corrected chi connectivity index (χ3v) is 5.65. The van der Waals surface area contributed by atoms with E-state index in [1.54, 1.807) is 0 Å². The molecule has 0 bridgehead atoms. The Morgan fingerprint density at radius 2 is 1.65 bits per heavy atom. The zero-order chi connectivity index (χ0) is 18.4. The van der Waals surface area contributed by atoms with Crippen LogP contribution in [0.3, 0.4) is 0 Å². The molecule has 1 saturated heterocycles. The van der Waals surface area contributed by atoms with Crippen LogP contribution in [0.4, 0.5) is 0 Å². The first kappa shape index (κ1) is 17.3. The molecular formula is C21H25BN2O2. The van der Waals surface area contributed by atoms with E-state index in [-0.39, 0.29) is 18.3 Å². The minimum atomic E-state index is -0.348. The van der Waals surface area contributed by atoms with Crippen molar-refractivity contribution in [1.29, 1.82) is 0 Å². The maximum Gasteiger partial charge on any atom is 0.494 e. The van der Waals surface area contributed by atoms with Crippen LogP contribution in [-0.4, -0.2) is 27.9 Å². The quantitative estimate of drug-likeness (QED) is 0.676. The van der Waals surface area contributed by atoms with Crippen molar-refractivity contribution in [3.05, 3.63) is 60.4 Å². The average Bonchev–Trinajstić information content (AvgIpc) is 3.11. The van der Waals surface area contributed by atoms with Crippen molar-refractivity contribution < 1.29 is 9.31 Å².